The maximum atomic E-state index is 8.81. The molecule has 0 saturated carbocycles. The Hall–Kier alpha value is -2.12. The van der Waals surface area contributed by atoms with Crippen LogP contribution >= 0.6 is 0 Å². The number of rotatable bonds is 3. The van der Waals surface area contributed by atoms with Gasteiger partial charge in [0.2, 0.25) is 0 Å². The highest BCUT2D eigenvalue weighted by Crippen LogP contribution is 2.35. The molecule has 0 radical (unpaired) electrons. The van der Waals surface area contributed by atoms with Gasteiger partial charge in [-0.25, -0.2) is 0 Å². The van der Waals surface area contributed by atoms with E-state index in [2.05, 4.69) is 0 Å². The molecule has 0 atom stereocenters. The third kappa shape index (κ3) is 2.66. The van der Waals surface area contributed by atoms with Gasteiger partial charge in [-0.05, 0) is 20.6 Å². The van der Waals surface area contributed by atoms with Crippen LogP contribution in [0.15, 0.2) is 90.6 Å². The minimum atomic E-state index is -4.74. The standard InChI is InChI=1S/C22H24Si/c1-22(2,3)23(19-13-7-4-8-14-19,20-15-9-5-10-16-20)21-17-11-6-12-18-21/h4-18H,1-3H3/i4D,5D,6D,7D,8D,9D,10D,11D,12D,13D,14D,15D,16D,17D,18D. The first-order chi connectivity index (χ1) is 17.3. The highest BCUT2D eigenvalue weighted by molar-refractivity contribution is 7.13. The van der Waals surface area contributed by atoms with Crippen molar-refractivity contribution >= 4 is 23.6 Å². The summed E-state index contributed by atoms with van der Waals surface area (Å²) in [6, 6.07) is -11.2. The Morgan fingerprint density at radius 1 is 0.565 bits per heavy atom. The highest BCUT2D eigenvalue weighted by Gasteiger charge is 2.48. The number of hydrogen-bond donors (Lipinski definition) is 0. The molecule has 0 N–H and O–H groups in total. The highest BCUT2D eigenvalue weighted by atomic mass is 28.3. The van der Waals surface area contributed by atoms with Crippen LogP contribution in [0, 0.1) is 0 Å². The number of benzene rings is 3. The summed E-state index contributed by atoms with van der Waals surface area (Å²) in [5.74, 6) is 0. The molecule has 0 amide bonds. The Bertz CT molecular complexity index is 1250. The van der Waals surface area contributed by atoms with Gasteiger partial charge >= 0.3 is 0 Å². The summed E-state index contributed by atoms with van der Waals surface area (Å²) in [6.07, 6.45) is 0. The Morgan fingerprint density at radius 3 is 1.04 bits per heavy atom. The van der Waals surface area contributed by atoms with Crippen LogP contribution in [0.25, 0.3) is 0 Å². The van der Waals surface area contributed by atoms with E-state index in [1.165, 1.54) is 0 Å². The minimum Gasteiger partial charge on any atom is -0.0624 e. The van der Waals surface area contributed by atoms with Crippen LogP contribution in [0.2, 0.25) is 5.04 Å². The van der Waals surface area contributed by atoms with Crippen molar-refractivity contribution in [1.29, 1.82) is 0 Å². The molecule has 1 heteroatoms. The van der Waals surface area contributed by atoms with Crippen LogP contribution in [-0.4, -0.2) is 8.07 Å². The van der Waals surface area contributed by atoms with E-state index >= 15 is 0 Å². The molecular formula is C22H24Si. The molecule has 0 fully saturated rings. The fourth-order valence-corrected chi connectivity index (χ4v) is 7.31. The van der Waals surface area contributed by atoms with Crippen LogP contribution < -0.4 is 15.6 Å². The van der Waals surface area contributed by atoms with E-state index in [4.69, 9.17) is 20.6 Å². The molecular weight excluding hydrogens is 292 g/mol. The van der Waals surface area contributed by atoms with Crippen molar-refractivity contribution in [3.8, 4) is 0 Å². The molecule has 0 heterocycles. The first kappa shape index (κ1) is 5.75. The fraction of sp³-hybridized carbons (Fsp3) is 0.182. The molecule has 0 aliphatic heterocycles. The number of hydrogen-bond acceptors (Lipinski definition) is 0. The van der Waals surface area contributed by atoms with E-state index < -0.39 is 119 Å². The average Bonchev–Trinajstić information content (AvgIpc) is 2.85. The van der Waals surface area contributed by atoms with Crippen LogP contribution in [0.4, 0.5) is 0 Å². The smallest absolute Gasteiger partial charge is 0.0624 e. The summed E-state index contributed by atoms with van der Waals surface area (Å²) in [5.41, 5.74) is 0. The van der Waals surface area contributed by atoms with Gasteiger partial charge in [0.1, 0.15) is 0 Å². The van der Waals surface area contributed by atoms with Gasteiger partial charge in [0.05, 0.1) is 20.6 Å². The van der Waals surface area contributed by atoms with Gasteiger partial charge in [0.15, 0.2) is 8.07 Å². The topological polar surface area (TPSA) is 0 Å². The fourth-order valence-electron chi connectivity index (χ4n) is 2.81. The molecule has 3 aromatic rings. The second-order valence-corrected chi connectivity index (χ2v) is 10.5. The zero-order valence-electron chi connectivity index (χ0n) is 28.0. The van der Waals surface area contributed by atoms with E-state index in [-0.39, 0.29) is 0 Å². The lowest BCUT2D eigenvalue weighted by atomic mass is 10.2. The zero-order chi connectivity index (χ0) is 29.4. The molecule has 0 saturated heterocycles. The van der Waals surface area contributed by atoms with Crippen molar-refractivity contribution in [2.45, 2.75) is 25.8 Å². The quantitative estimate of drug-likeness (QED) is 0.503. The summed E-state index contributed by atoms with van der Waals surface area (Å²) in [4.78, 5) is 0. The van der Waals surface area contributed by atoms with Gasteiger partial charge in [-0.2, -0.15) is 0 Å². The molecule has 0 bridgehead atoms. The van der Waals surface area contributed by atoms with Crippen LogP contribution in [0.3, 0.4) is 0 Å². The maximum absolute atomic E-state index is 8.81. The van der Waals surface area contributed by atoms with Crippen molar-refractivity contribution in [3.63, 3.8) is 0 Å². The van der Waals surface area contributed by atoms with Crippen molar-refractivity contribution < 1.29 is 20.6 Å². The second-order valence-electron chi connectivity index (χ2n) is 6.00. The van der Waals surface area contributed by atoms with Crippen molar-refractivity contribution in [1.82, 2.24) is 0 Å². The average molecular weight is 332 g/mol. The van der Waals surface area contributed by atoms with Crippen molar-refractivity contribution in [2.75, 3.05) is 0 Å². The van der Waals surface area contributed by atoms with Gasteiger partial charge < -0.3 is 0 Å². The van der Waals surface area contributed by atoms with Crippen LogP contribution in [-0.2, 0) is 0 Å². The monoisotopic (exact) mass is 331 g/mol. The van der Waals surface area contributed by atoms with E-state index in [1.54, 1.807) is 20.8 Å². The molecule has 0 aromatic heterocycles. The van der Waals surface area contributed by atoms with Gasteiger partial charge in [-0.15, -0.1) is 0 Å². The molecule has 23 heavy (non-hydrogen) atoms. The molecule has 3 rings (SSSR count). The summed E-state index contributed by atoms with van der Waals surface area (Å²) < 4.78 is 127. The Kier molecular flexibility index (Phi) is 1.54. The summed E-state index contributed by atoms with van der Waals surface area (Å²) in [7, 11) is -4.74. The van der Waals surface area contributed by atoms with Gasteiger partial charge in [0.25, 0.3) is 0 Å². The first-order valence-electron chi connectivity index (χ1n) is 14.5. The third-order valence-electron chi connectivity index (χ3n) is 3.75. The van der Waals surface area contributed by atoms with Crippen LogP contribution in [0.1, 0.15) is 41.3 Å². The second kappa shape index (κ2) is 6.17. The molecule has 0 aliphatic rings. The summed E-state index contributed by atoms with van der Waals surface area (Å²) in [6.45, 7) is 4.63. The van der Waals surface area contributed by atoms with Crippen LogP contribution in [0.5, 0.6) is 0 Å². The molecule has 0 nitrogen and oxygen atoms in total. The predicted molar refractivity (Wildman–Crippen MR) is 104 cm³/mol. The maximum Gasteiger partial charge on any atom is 0.153 e. The van der Waals surface area contributed by atoms with E-state index in [0.717, 1.165) is 0 Å². The Balaban J connectivity index is 2.96. The molecule has 3 aromatic carbocycles. The first-order valence-corrected chi connectivity index (χ1v) is 9.00. The van der Waals surface area contributed by atoms with Crippen molar-refractivity contribution in [2.24, 2.45) is 0 Å². The summed E-state index contributed by atoms with van der Waals surface area (Å²) >= 11 is 0. The predicted octanol–water partition coefficient (Wildman–Crippen LogP) is 3.96. The van der Waals surface area contributed by atoms with Gasteiger partial charge in [-0.3, -0.25) is 0 Å². The summed E-state index contributed by atoms with van der Waals surface area (Å²) in [5, 5.41) is -2.67. The van der Waals surface area contributed by atoms with E-state index in [0.29, 0.717) is 0 Å². The SMILES string of the molecule is [2H]c1c([2H])c([2H])c([Si](c2c([2H])c([2H])c([2H])c([2H])c2[2H])(c2c([2H])c([2H])c([2H])c([2H])c2[2H])C(C)(C)C)c([2H])c1[2H]. The Morgan fingerprint density at radius 2 is 0.826 bits per heavy atom. The lowest BCUT2D eigenvalue weighted by Gasteiger charge is -2.44. The van der Waals surface area contributed by atoms with Gasteiger partial charge in [-0.1, -0.05) is 111 Å². The lowest BCUT2D eigenvalue weighted by Crippen LogP contribution is -2.72. The van der Waals surface area contributed by atoms with E-state index in [9.17, 15) is 0 Å². The molecule has 0 spiro atoms. The molecule has 116 valence electrons. The molecule has 0 unspecified atom stereocenters. The van der Waals surface area contributed by atoms with Crippen molar-refractivity contribution in [3.05, 3.63) is 90.6 Å². The lowest BCUT2D eigenvalue weighted by molar-refractivity contribution is 0.739. The zero-order valence-corrected chi connectivity index (χ0v) is 14.0. The normalized spacial score (nSPS) is 21.3. The molecule has 0 aliphatic carbocycles. The Labute approximate surface area is 161 Å². The van der Waals surface area contributed by atoms with E-state index in [1.807, 2.05) is 0 Å². The minimum absolute atomic E-state index is 0.437. The largest absolute Gasteiger partial charge is 0.153 e. The third-order valence-corrected chi connectivity index (χ3v) is 9.00. The van der Waals surface area contributed by atoms with Gasteiger partial charge in [0, 0.05) is 0 Å².